The first kappa shape index (κ1) is 13.9. The highest BCUT2D eigenvalue weighted by Crippen LogP contribution is 2.19. The number of hydrogen-bond acceptors (Lipinski definition) is 5. The minimum atomic E-state index is -0.400. The number of imidazole rings is 1. The van der Waals surface area contributed by atoms with E-state index >= 15 is 0 Å². The molecule has 0 fully saturated rings. The van der Waals surface area contributed by atoms with E-state index in [9.17, 15) is 9.90 Å². The lowest BCUT2D eigenvalue weighted by molar-refractivity contribution is 0.0600. The maximum absolute atomic E-state index is 11.5. The summed E-state index contributed by atoms with van der Waals surface area (Å²) in [6, 6.07) is 9.91. The fourth-order valence-electron chi connectivity index (χ4n) is 2.12. The van der Waals surface area contributed by atoms with Crippen molar-refractivity contribution in [2.45, 2.75) is 6.61 Å². The molecule has 2 aromatic heterocycles. The van der Waals surface area contributed by atoms with E-state index in [0.29, 0.717) is 23.6 Å². The van der Waals surface area contributed by atoms with Crippen LogP contribution in [-0.2, 0) is 11.3 Å². The number of ether oxygens (including phenoxy) is 2. The molecule has 0 saturated heterocycles. The Morgan fingerprint density at radius 1 is 1.32 bits per heavy atom. The number of methoxy groups -OCH3 is 1. The van der Waals surface area contributed by atoms with Crippen molar-refractivity contribution in [3.63, 3.8) is 0 Å². The molecule has 0 bridgehead atoms. The standard InChI is InChI=1S/C16H14N2O4/c1-21-16(20)11-5-6-18-12(9-17-15(18)7-11)10-22-14-4-2-3-13(19)8-14/h2-9,19H,10H2,1H3. The number of pyridine rings is 1. The van der Waals surface area contributed by atoms with Crippen LogP contribution in [0, 0.1) is 0 Å². The predicted molar refractivity (Wildman–Crippen MR) is 79.0 cm³/mol. The summed E-state index contributed by atoms with van der Waals surface area (Å²) in [5, 5.41) is 9.41. The van der Waals surface area contributed by atoms with E-state index in [1.807, 2.05) is 4.40 Å². The summed E-state index contributed by atoms with van der Waals surface area (Å²) in [6.07, 6.45) is 3.43. The largest absolute Gasteiger partial charge is 0.508 e. The summed E-state index contributed by atoms with van der Waals surface area (Å²) in [4.78, 5) is 15.8. The van der Waals surface area contributed by atoms with Gasteiger partial charge in [0.2, 0.25) is 0 Å². The molecule has 6 nitrogen and oxygen atoms in total. The van der Waals surface area contributed by atoms with Gasteiger partial charge in [-0.3, -0.25) is 0 Å². The van der Waals surface area contributed by atoms with Gasteiger partial charge >= 0.3 is 5.97 Å². The summed E-state index contributed by atoms with van der Waals surface area (Å²) in [7, 11) is 1.34. The molecule has 0 amide bonds. The lowest BCUT2D eigenvalue weighted by atomic mass is 10.2. The van der Waals surface area contributed by atoms with Gasteiger partial charge in [-0.1, -0.05) is 6.07 Å². The second kappa shape index (κ2) is 5.77. The number of benzene rings is 1. The fourth-order valence-corrected chi connectivity index (χ4v) is 2.12. The molecule has 6 heteroatoms. The monoisotopic (exact) mass is 298 g/mol. The first-order valence-corrected chi connectivity index (χ1v) is 6.63. The molecule has 0 aliphatic rings. The van der Waals surface area contributed by atoms with Crippen LogP contribution in [0.4, 0.5) is 0 Å². The molecule has 0 aliphatic heterocycles. The van der Waals surface area contributed by atoms with Crippen LogP contribution in [0.25, 0.3) is 5.65 Å². The van der Waals surface area contributed by atoms with Crippen molar-refractivity contribution in [3.8, 4) is 11.5 Å². The van der Waals surface area contributed by atoms with Crippen molar-refractivity contribution < 1.29 is 19.4 Å². The average molecular weight is 298 g/mol. The molecule has 22 heavy (non-hydrogen) atoms. The second-order valence-corrected chi connectivity index (χ2v) is 4.67. The van der Waals surface area contributed by atoms with Gasteiger partial charge in [-0.05, 0) is 24.3 Å². The van der Waals surface area contributed by atoms with E-state index in [2.05, 4.69) is 9.72 Å². The number of hydrogen-bond donors (Lipinski definition) is 1. The number of esters is 1. The zero-order valence-corrected chi connectivity index (χ0v) is 11.9. The number of aromatic nitrogens is 2. The molecule has 0 spiro atoms. The SMILES string of the molecule is COC(=O)c1ccn2c(COc3cccc(O)c3)cnc2c1. The van der Waals surface area contributed by atoms with Crippen LogP contribution in [-0.4, -0.2) is 27.6 Å². The number of carbonyl (C=O) groups excluding carboxylic acids is 1. The Balaban J connectivity index is 1.81. The molecule has 0 unspecified atom stereocenters. The maximum atomic E-state index is 11.5. The van der Waals surface area contributed by atoms with Gasteiger partial charge in [-0.2, -0.15) is 0 Å². The third-order valence-corrected chi connectivity index (χ3v) is 3.22. The van der Waals surface area contributed by atoms with Crippen molar-refractivity contribution in [3.05, 3.63) is 60.0 Å². The molecule has 0 saturated carbocycles. The summed E-state index contributed by atoms with van der Waals surface area (Å²) in [5.74, 6) is 0.322. The van der Waals surface area contributed by atoms with Gasteiger partial charge in [0.1, 0.15) is 23.8 Å². The molecule has 0 radical (unpaired) electrons. The van der Waals surface area contributed by atoms with Crippen LogP contribution < -0.4 is 4.74 Å². The first-order valence-electron chi connectivity index (χ1n) is 6.63. The average Bonchev–Trinajstić information content (AvgIpc) is 2.94. The number of aromatic hydroxyl groups is 1. The van der Waals surface area contributed by atoms with E-state index in [4.69, 9.17) is 4.74 Å². The molecular formula is C16H14N2O4. The van der Waals surface area contributed by atoms with Crippen LogP contribution in [0.3, 0.4) is 0 Å². The predicted octanol–water partition coefficient (Wildman–Crippen LogP) is 2.41. The molecular weight excluding hydrogens is 284 g/mol. The summed E-state index contributed by atoms with van der Waals surface area (Å²) in [6.45, 7) is 0.294. The molecule has 2 heterocycles. The molecule has 1 N–H and O–H groups in total. The minimum absolute atomic E-state index is 0.151. The van der Waals surface area contributed by atoms with Gasteiger partial charge in [0.05, 0.1) is 24.6 Å². The Morgan fingerprint density at radius 2 is 2.18 bits per heavy atom. The fraction of sp³-hybridized carbons (Fsp3) is 0.125. The van der Waals surface area contributed by atoms with E-state index in [0.717, 1.165) is 5.69 Å². The van der Waals surface area contributed by atoms with Crippen molar-refractivity contribution in [1.29, 1.82) is 0 Å². The number of fused-ring (bicyclic) bond motifs is 1. The van der Waals surface area contributed by atoms with E-state index in [1.165, 1.54) is 7.11 Å². The molecule has 112 valence electrons. The van der Waals surface area contributed by atoms with Crippen molar-refractivity contribution >= 4 is 11.6 Å². The van der Waals surface area contributed by atoms with Crippen LogP contribution in [0.2, 0.25) is 0 Å². The van der Waals surface area contributed by atoms with E-state index < -0.39 is 5.97 Å². The lowest BCUT2D eigenvalue weighted by Crippen LogP contribution is -2.03. The highest BCUT2D eigenvalue weighted by atomic mass is 16.5. The molecule has 3 aromatic rings. The summed E-state index contributed by atoms with van der Waals surface area (Å²) in [5.41, 5.74) is 1.91. The van der Waals surface area contributed by atoms with Gasteiger partial charge in [-0.25, -0.2) is 9.78 Å². The van der Waals surface area contributed by atoms with Crippen molar-refractivity contribution in [2.75, 3.05) is 7.11 Å². The number of rotatable bonds is 4. The number of carbonyl (C=O) groups is 1. The Bertz CT molecular complexity index is 826. The van der Waals surface area contributed by atoms with Crippen LogP contribution in [0.5, 0.6) is 11.5 Å². The van der Waals surface area contributed by atoms with E-state index in [-0.39, 0.29) is 5.75 Å². The van der Waals surface area contributed by atoms with Gasteiger partial charge in [0.15, 0.2) is 0 Å². The molecule has 3 rings (SSSR count). The van der Waals surface area contributed by atoms with Gasteiger partial charge < -0.3 is 19.0 Å². The van der Waals surface area contributed by atoms with Crippen LogP contribution >= 0.6 is 0 Å². The molecule has 1 aromatic carbocycles. The third kappa shape index (κ3) is 2.71. The quantitative estimate of drug-likeness (QED) is 0.749. The smallest absolute Gasteiger partial charge is 0.338 e. The third-order valence-electron chi connectivity index (χ3n) is 3.22. The number of nitrogens with zero attached hydrogens (tertiary/aromatic N) is 2. The van der Waals surface area contributed by atoms with Gasteiger partial charge in [0, 0.05) is 12.3 Å². The zero-order chi connectivity index (χ0) is 15.5. The molecule has 0 aliphatic carbocycles. The first-order chi connectivity index (χ1) is 10.7. The van der Waals surface area contributed by atoms with E-state index in [1.54, 1.807) is 48.8 Å². The maximum Gasteiger partial charge on any atom is 0.338 e. The van der Waals surface area contributed by atoms with Crippen LogP contribution in [0.15, 0.2) is 48.8 Å². The highest BCUT2D eigenvalue weighted by Gasteiger charge is 2.09. The normalized spacial score (nSPS) is 10.6. The summed E-state index contributed by atoms with van der Waals surface area (Å²) < 4.78 is 12.1. The van der Waals surface area contributed by atoms with Gasteiger partial charge in [0.25, 0.3) is 0 Å². The Morgan fingerprint density at radius 3 is 2.95 bits per heavy atom. The second-order valence-electron chi connectivity index (χ2n) is 4.67. The Kier molecular flexibility index (Phi) is 3.65. The van der Waals surface area contributed by atoms with Crippen molar-refractivity contribution in [2.24, 2.45) is 0 Å². The number of phenols is 1. The zero-order valence-electron chi connectivity index (χ0n) is 11.9. The van der Waals surface area contributed by atoms with Gasteiger partial charge in [-0.15, -0.1) is 0 Å². The molecule has 0 atom stereocenters. The highest BCUT2D eigenvalue weighted by molar-refractivity contribution is 5.90. The number of phenolic OH excluding ortho intramolecular Hbond substituents is 1. The van der Waals surface area contributed by atoms with Crippen molar-refractivity contribution in [1.82, 2.24) is 9.38 Å². The Labute approximate surface area is 126 Å². The minimum Gasteiger partial charge on any atom is -0.508 e. The lowest BCUT2D eigenvalue weighted by Gasteiger charge is -2.07. The summed E-state index contributed by atoms with van der Waals surface area (Å²) >= 11 is 0. The Hall–Kier alpha value is -3.02. The topological polar surface area (TPSA) is 73.1 Å². The van der Waals surface area contributed by atoms with Crippen LogP contribution in [0.1, 0.15) is 16.1 Å².